The van der Waals surface area contributed by atoms with E-state index in [1.54, 1.807) is 0 Å². The summed E-state index contributed by atoms with van der Waals surface area (Å²) in [5.41, 5.74) is 6.92. The highest BCUT2D eigenvalue weighted by molar-refractivity contribution is 5.55. The van der Waals surface area contributed by atoms with Crippen LogP contribution in [0, 0.1) is 13.8 Å². The summed E-state index contributed by atoms with van der Waals surface area (Å²) in [4.78, 5) is 0. The SMILES string of the molecule is Cc1ccc(C)c(C2CCc3ccccc3N2)c1. The largest absolute Gasteiger partial charge is 0.378 e. The van der Waals surface area contributed by atoms with Crippen LogP contribution >= 0.6 is 0 Å². The predicted octanol–water partition coefficient (Wildman–Crippen LogP) is 4.40. The van der Waals surface area contributed by atoms with Gasteiger partial charge in [-0.2, -0.15) is 0 Å². The molecule has 0 aromatic heterocycles. The second-order valence-corrected chi connectivity index (χ2v) is 5.25. The van der Waals surface area contributed by atoms with Gasteiger partial charge in [-0.25, -0.2) is 0 Å². The number of nitrogens with one attached hydrogen (secondary N) is 1. The van der Waals surface area contributed by atoms with E-state index >= 15 is 0 Å². The molecule has 1 N–H and O–H groups in total. The first-order valence-corrected chi connectivity index (χ1v) is 6.65. The first-order valence-electron chi connectivity index (χ1n) is 6.65. The molecule has 0 spiro atoms. The van der Waals surface area contributed by atoms with Crippen molar-refractivity contribution in [3.8, 4) is 0 Å². The van der Waals surface area contributed by atoms with Gasteiger partial charge in [0.15, 0.2) is 0 Å². The number of benzene rings is 2. The Kier molecular flexibility index (Phi) is 2.83. The van der Waals surface area contributed by atoms with Crippen LogP contribution < -0.4 is 5.32 Å². The normalized spacial score (nSPS) is 18.0. The number of aryl methyl sites for hydroxylation is 3. The van der Waals surface area contributed by atoms with E-state index in [1.807, 2.05) is 0 Å². The number of para-hydroxylation sites is 1. The second-order valence-electron chi connectivity index (χ2n) is 5.25. The van der Waals surface area contributed by atoms with Crippen molar-refractivity contribution in [3.63, 3.8) is 0 Å². The number of rotatable bonds is 1. The average molecular weight is 237 g/mol. The Morgan fingerprint density at radius 2 is 1.89 bits per heavy atom. The summed E-state index contributed by atoms with van der Waals surface area (Å²) in [5.74, 6) is 0. The van der Waals surface area contributed by atoms with E-state index in [0.717, 1.165) is 0 Å². The fourth-order valence-corrected chi connectivity index (χ4v) is 2.81. The summed E-state index contributed by atoms with van der Waals surface area (Å²) in [6, 6.07) is 15.8. The third-order valence-electron chi connectivity index (χ3n) is 3.86. The molecule has 92 valence electrons. The van der Waals surface area contributed by atoms with E-state index in [4.69, 9.17) is 0 Å². The third kappa shape index (κ3) is 2.01. The Morgan fingerprint density at radius 1 is 1.06 bits per heavy atom. The molecule has 18 heavy (non-hydrogen) atoms. The molecule has 1 aliphatic heterocycles. The Bertz CT molecular complexity index is 572. The molecule has 1 atom stereocenters. The molecule has 1 heteroatoms. The summed E-state index contributed by atoms with van der Waals surface area (Å²) in [7, 11) is 0. The van der Waals surface area contributed by atoms with Crippen molar-refractivity contribution in [1.82, 2.24) is 0 Å². The summed E-state index contributed by atoms with van der Waals surface area (Å²) in [6.07, 6.45) is 2.35. The second kappa shape index (κ2) is 4.49. The van der Waals surface area contributed by atoms with Crippen molar-refractivity contribution >= 4 is 5.69 Å². The zero-order valence-electron chi connectivity index (χ0n) is 11.0. The maximum absolute atomic E-state index is 3.68. The van der Waals surface area contributed by atoms with E-state index in [9.17, 15) is 0 Å². The number of anilines is 1. The molecule has 2 aromatic rings. The van der Waals surface area contributed by atoms with Gasteiger partial charge in [0, 0.05) is 5.69 Å². The first kappa shape index (κ1) is 11.3. The molecular formula is C17H19N. The maximum atomic E-state index is 3.68. The van der Waals surface area contributed by atoms with Crippen LogP contribution in [-0.4, -0.2) is 0 Å². The Hall–Kier alpha value is -1.76. The van der Waals surface area contributed by atoms with Crippen molar-refractivity contribution in [1.29, 1.82) is 0 Å². The van der Waals surface area contributed by atoms with Crippen molar-refractivity contribution in [2.45, 2.75) is 32.7 Å². The van der Waals surface area contributed by atoms with Crippen LogP contribution in [0.5, 0.6) is 0 Å². The predicted molar refractivity (Wildman–Crippen MR) is 77.0 cm³/mol. The van der Waals surface area contributed by atoms with Crippen LogP contribution in [0.1, 0.15) is 34.7 Å². The van der Waals surface area contributed by atoms with Crippen molar-refractivity contribution < 1.29 is 0 Å². The molecule has 0 saturated heterocycles. The molecule has 0 saturated carbocycles. The molecule has 2 aromatic carbocycles. The van der Waals surface area contributed by atoms with Gasteiger partial charge in [0.25, 0.3) is 0 Å². The lowest BCUT2D eigenvalue weighted by molar-refractivity contribution is 0.664. The number of fused-ring (bicyclic) bond motifs is 1. The van der Waals surface area contributed by atoms with Gasteiger partial charge in [-0.1, -0.05) is 42.0 Å². The van der Waals surface area contributed by atoms with Gasteiger partial charge in [-0.05, 0) is 49.4 Å². The molecule has 1 unspecified atom stereocenters. The topological polar surface area (TPSA) is 12.0 Å². The molecule has 1 aliphatic rings. The zero-order chi connectivity index (χ0) is 12.5. The minimum Gasteiger partial charge on any atom is -0.378 e. The lowest BCUT2D eigenvalue weighted by Crippen LogP contribution is -2.18. The summed E-state index contributed by atoms with van der Waals surface area (Å²) >= 11 is 0. The van der Waals surface area contributed by atoms with Gasteiger partial charge in [0.1, 0.15) is 0 Å². The Morgan fingerprint density at radius 3 is 2.78 bits per heavy atom. The monoisotopic (exact) mass is 237 g/mol. The van der Waals surface area contributed by atoms with Crippen molar-refractivity contribution in [3.05, 3.63) is 64.7 Å². The standard InChI is InChI=1S/C17H19N/c1-12-7-8-13(2)15(11-12)17-10-9-14-5-3-4-6-16(14)18-17/h3-8,11,17-18H,9-10H2,1-2H3. The highest BCUT2D eigenvalue weighted by atomic mass is 14.9. The molecule has 0 fully saturated rings. The molecule has 0 aliphatic carbocycles. The van der Waals surface area contributed by atoms with Gasteiger partial charge in [0.2, 0.25) is 0 Å². The zero-order valence-corrected chi connectivity index (χ0v) is 11.0. The molecule has 0 amide bonds. The number of hydrogen-bond donors (Lipinski definition) is 1. The van der Waals surface area contributed by atoms with Crippen LogP contribution in [0.4, 0.5) is 5.69 Å². The van der Waals surface area contributed by atoms with E-state index in [1.165, 1.54) is 40.8 Å². The van der Waals surface area contributed by atoms with Crippen molar-refractivity contribution in [2.24, 2.45) is 0 Å². The average Bonchev–Trinajstić information content (AvgIpc) is 2.41. The fraction of sp³-hybridized carbons (Fsp3) is 0.294. The molecular weight excluding hydrogens is 218 g/mol. The van der Waals surface area contributed by atoms with E-state index in [0.29, 0.717) is 6.04 Å². The molecule has 0 radical (unpaired) electrons. The van der Waals surface area contributed by atoms with Gasteiger partial charge >= 0.3 is 0 Å². The summed E-state index contributed by atoms with van der Waals surface area (Å²) in [5, 5.41) is 3.68. The van der Waals surface area contributed by atoms with Gasteiger partial charge in [-0.15, -0.1) is 0 Å². The maximum Gasteiger partial charge on any atom is 0.0519 e. The van der Waals surface area contributed by atoms with E-state index in [-0.39, 0.29) is 0 Å². The Balaban J connectivity index is 1.94. The third-order valence-corrected chi connectivity index (χ3v) is 3.86. The lowest BCUT2D eigenvalue weighted by Gasteiger charge is -2.28. The Labute approximate surface area is 109 Å². The quantitative estimate of drug-likeness (QED) is 0.775. The summed E-state index contributed by atoms with van der Waals surface area (Å²) < 4.78 is 0. The fourth-order valence-electron chi connectivity index (χ4n) is 2.81. The molecule has 0 bridgehead atoms. The van der Waals surface area contributed by atoms with Crippen LogP contribution in [0.3, 0.4) is 0 Å². The number of hydrogen-bond acceptors (Lipinski definition) is 1. The van der Waals surface area contributed by atoms with Crippen LogP contribution in [0.15, 0.2) is 42.5 Å². The summed E-state index contributed by atoms with van der Waals surface area (Å²) in [6.45, 7) is 4.37. The van der Waals surface area contributed by atoms with Crippen molar-refractivity contribution in [2.75, 3.05) is 5.32 Å². The van der Waals surface area contributed by atoms with Crippen LogP contribution in [-0.2, 0) is 6.42 Å². The van der Waals surface area contributed by atoms with Crippen LogP contribution in [0.25, 0.3) is 0 Å². The van der Waals surface area contributed by atoms with Gasteiger partial charge < -0.3 is 5.32 Å². The van der Waals surface area contributed by atoms with E-state index < -0.39 is 0 Å². The van der Waals surface area contributed by atoms with Crippen LogP contribution in [0.2, 0.25) is 0 Å². The molecule has 1 nitrogen and oxygen atoms in total. The first-order chi connectivity index (χ1) is 8.74. The molecule has 1 heterocycles. The minimum absolute atomic E-state index is 0.458. The highest BCUT2D eigenvalue weighted by Crippen LogP contribution is 2.33. The lowest BCUT2D eigenvalue weighted by atomic mass is 9.90. The highest BCUT2D eigenvalue weighted by Gasteiger charge is 2.19. The van der Waals surface area contributed by atoms with E-state index in [2.05, 4.69) is 61.6 Å². The molecule has 3 rings (SSSR count). The van der Waals surface area contributed by atoms with Gasteiger partial charge in [-0.3, -0.25) is 0 Å². The van der Waals surface area contributed by atoms with Gasteiger partial charge in [0.05, 0.1) is 6.04 Å². The smallest absolute Gasteiger partial charge is 0.0519 e. The minimum atomic E-state index is 0.458.